The average Bonchev–Trinajstić information content (AvgIpc) is 2.56. The molecular formula is C17H30N2OS. The molecule has 0 radical (unpaired) electrons. The Kier molecular flexibility index (Phi) is 7.08. The van der Waals surface area contributed by atoms with E-state index in [1.54, 1.807) is 0 Å². The van der Waals surface area contributed by atoms with E-state index in [1.165, 1.54) is 64.2 Å². The predicted molar refractivity (Wildman–Crippen MR) is 89.0 cm³/mol. The van der Waals surface area contributed by atoms with Crippen LogP contribution in [0.1, 0.15) is 77.0 Å². The van der Waals surface area contributed by atoms with E-state index in [2.05, 4.69) is 4.36 Å². The van der Waals surface area contributed by atoms with E-state index >= 15 is 0 Å². The molecule has 2 aliphatic rings. The Morgan fingerprint density at radius 3 is 2.24 bits per heavy atom. The van der Waals surface area contributed by atoms with Crippen molar-refractivity contribution in [2.45, 2.75) is 89.1 Å². The fraction of sp³-hybridized carbons (Fsp3) is 0.941. The number of carbonyl (C=O) groups excluding carboxylic acids is 1. The average molecular weight is 311 g/mol. The molecule has 2 saturated carbocycles. The zero-order valence-electron chi connectivity index (χ0n) is 13.4. The zero-order valence-corrected chi connectivity index (χ0v) is 14.2. The lowest BCUT2D eigenvalue weighted by Crippen LogP contribution is -2.38. The predicted octanol–water partition coefficient (Wildman–Crippen LogP) is 4.24. The molecule has 1 amide bonds. The topological polar surface area (TPSA) is 32.7 Å². The lowest BCUT2D eigenvalue weighted by Gasteiger charge is -2.32. The summed E-state index contributed by atoms with van der Waals surface area (Å²) in [6, 6.07) is 0.698. The molecule has 2 rings (SSSR count). The Balaban J connectivity index is 1.76. The Morgan fingerprint density at radius 1 is 1.10 bits per heavy atom. The number of nitrogens with zero attached hydrogens (tertiary/aromatic N) is 2. The van der Waals surface area contributed by atoms with Crippen LogP contribution in [0.2, 0.25) is 0 Å². The van der Waals surface area contributed by atoms with Crippen molar-refractivity contribution >= 4 is 18.3 Å². The normalized spacial score (nSPS) is 22.7. The highest BCUT2D eigenvalue weighted by Gasteiger charge is 2.26. The summed E-state index contributed by atoms with van der Waals surface area (Å²) in [6.45, 7) is 0. The quantitative estimate of drug-likeness (QED) is 0.735. The molecule has 120 valence electrons. The summed E-state index contributed by atoms with van der Waals surface area (Å²) in [7, 11) is 1.98. The van der Waals surface area contributed by atoms with E-state index < -0.39 is 0 Å². The lowest BCUT2D eigenvalue weighted by molar-refractivity contribution is -0.132. The molecule has 0 bridgehead atoms. The summed E-state index contributed by atoms with van der Waals surface area (Å²) in [6.07, 6.45) is 14.2. The molecule has 21 heavy (non-hydrogen) atoms. The number of amides is 1. The van der Waals surface area contributed by atoms with Crippen LogP contribution in [0, 0.1) is 5.92 Å². The van der Waals surface area contributed by atoms with Gasteiger partial charge in [-0.15, -0.1) is 0 Å². The molecule has 0 spiro atoms. The number of hydrogen-bond acceptors (Lipinski definition) is 3. The van der Waals surface area contributed by atoms with Gasteiger partial charge >= 0.3 is 0 Å². The van der Waals surface area contributed by atoms with Crippen molar-refractivity contribution in [1.82, 2.24) is 4.90 Å². The summed E-state index contributed by atoms with van der Waals surface area (Å²) >= 11 is 5.00. The maximum Gasteiger partial charge on any atom is 0.222 e. The molecule has 0 aromatic heterocycles. The van der Waals surface area contributed by atoms with Crippen LogP contribution in [0.25, 0.3) is 0 Å². The third-order valence-electron chi connectivity index (χ3n) is 5.50. The monoisotopic (exact) mass is 310 g/mol. The van der Waals surface area contributed by atoms with E-state index in [0.29, 0.717) is 24.3 Å². The van der Waals surface area contributed by atoms with Crippen molar-refractivity contribution in [1.29, 1.82) is 0 Å². The first-order valence-corrected chi connectivity index (χ1v) is 9.17. The third-order valence-corrected chi connectivity index (χ3v) is 5.77. The van der Waals surface area contributed by atoms with Gasteiger partial charge < -0.3 is 4.90 Å². The van der Waals surface area contributed by atoms with Crippen LogP contribution in [-0.2, 0) is 17.2 Å². The Bertz CT molecular complexity index is 336. The molecule has 3 nitrogen and oxygen atoms in total. The van der Waals surface area contributed by atoms with E-state index in [0.717, 1.165) is 6.42 Å². The van der Waals surface area contributed by atoms with Crippen LogP contribution in [0.4, 0.5) is 0 Å². The van der Waals surface area contributed by atoms with Gasteiger partial charge in [-0.05, 0) is 38.0 Å². The minimum atomic E-state index is 0.226. The van der Waals surface area contributed by atoms with Gasteiger partial charge in [-0.25, -0.2) is 4.36 Å². The van der Waals surface area contributed by atoms with Gasteiger partial charge in [0.1, 0.15) is 0 Å². The Morgan fingerprint density at radius 2 is 1.67 bits per heavy atom. The third kappa shape index (κ3) is 5.01. The highest BCUT2D eigenvalue weighted by atomic mass is 32.1. The van der Waals surface area contributed by atoms with Gasteiger partial charge in [0.2, 0.25) is 5.91 Å². The molecule has 1 atom stereocenters. The smallest absolute Gasteiger partial charge is 0.222 e. The van der Waals surface area contributed by atoms with Gasteiger partial charge in [0.05, 0.1) is 6.04 Å². The number of carbonyl (C=O) groups is 1. The summed E-state index contributed by atoms with van der Waals surface area (Å²) in [5, 5.41) is 0. The standard InChI is InChI=1S/C17H30N2OS/c1-19(15-10-6-3-7-11-15)17(20)13-12-16(18-21)14-8-4-2-5-9-14/h14-16H,2-13H2,1H3. The Hall–Kier alpha value is -0.510. The molecule has 1 unspecified atom stereocenters. The first kappa shape index (κ1) is 16.9. The van der Waals surface area contributed by atoms with Crippen molar-refractivity contribution in [2.24, 2.45) is 10.3 Å². The molecule has 0 aromatic carbocycles. The first-order valence-electron chi connectivity index (χ1n) is 8.80. The summed E-state index contributed by atoms with van der Waals surface area (Å²) < 4.78 is 4.17. The molecule has 2 aliphatic carbocycles. The SMILES string of the molecule is CN(C(=O)CCC(N=S)C1CCCCC1)C1CCCCC1. The van der Waals surface area contributed by atoms with Crippen molar-refractivity contribution in [3.63, 3.8) is 0 Å². The Labute approximate surface area is 135 Å². The summed E-state index contributed by atoms with van der Waals surface area (Å²) in [4.78, 5) is 14.4. The van der Waals surface area contributed by atoms with Crippen LogP contribution in [0.15, 0.2) is 4.36 Å². The maximum atomic E-state index is 12.4. The summed E-state index contributed by atoms with van der Waals surface area (Å²) in [5.74, 6) is 0.922. The molecule has 0 heterocycles. The fourth-order valence-electron chi connectivity index (χ4n) is 4.01. The van der Waals surface area contributed by atoms with Gasteiger partial charge in [-0.3, -0.25) is 4.79 Å². The van der Waals surface area contributed by atoms with E-state index in [4.69, 9.17) is 12.4 Å². The van der Waals surface area contributed by atoms with E-state index in [9.17, 15) is 4.79 Å². The van der Waals surface area contributed by atoms with E-state index in [1.807, 2.05) is 11.9 Å². The van der Waals surface area contributed by atoms with Gasteiger partial charge in [-0.2, -0.15) is 0 Å². The van der Waals surface area contributed by atoms with Crippen LogP contribution < -0.4 is 0 Å². The maximum absolute atomic E-state index is 12.4. The van der Waals surface area contributed by atoms with Gasteiger partial charge in [0.25, 0.3) is 0 Å². The lowest BCUT2D eigenvalue weighted by atomic mass is 9.82. The first-order chi connectivity index (χ1) is 10.2. The van der Waals surface area contributed by atoms with Crippen molar-refractivity contribution in [3.8, 4) is 0 Å². The molecule has 0 aliphatic heterocycles. The molecular weight excluding hydrogens is 280 g/mol. The second kappa shape index (κ2) is 8.82. The van der Waals surface area contributed by atoms with Crippen molar-refractivity contribution in [2.75, 3.05) is 7.05 Å². The molecule has 0 aromatic rings. The van der Waals surface area contributed by atoms with Gasteiger partial charge in [-0.1, -0.05) is 38.5 Å². The van der Waals surface area contributed by atoms with Gasteiger partial charge in [0.15, 0.2) is 0 Å². The molecule has 0 N–H and O–H groups in total. The number of hydrogen-bond donors (Lipinski definition) is 0. The minimum Gasteiger partial charge on any atom is -0.343 e. The molecule has 4 heteroatoms. The molecule has 0 saturated heterocycles. The van der Waals surface area contributed by atoms with Crippen molar-refractivity contribution < 1.29 is 4.79 Å². The largest absolute Gasteiger partial charge is 0.343 e. The minimum absolute atomic E-state index is 0.226. The highest BCUT2D eigenvalue weighted by molar-refractivity contribution is 7.47. The highest BCUT2D eigenvalue weighted by Crippen LogP contribution is 2.30. The summed E-state index contributed by atoms with van der Waals surface area (Å²) in [5.41, 5.74) is 0. The van der Waals surface area contributed by atoms with Crippen LogP contribution in [0.5, 0.6) is 0 Å². The van der Waals surface area contributed by atoms with E-state index in [-0.39, 0.29) is 6.04 Å². The van der Waals surface area contributed by atoms with Crippen LogP contribution in [-0.4, -0.2) is 29.9 Å². The molecule has 2 fully saturated rings. The second-order valence-electron chi connectivity index (χ2n) is 6.91. The fourth-order valence-corrected chi connectivity index (χ4v) is 4.29. The second-order valence-corrected chi connectivity index (χ2v) is 7.12. The van der Waals surface area contributed by atoms with Gasteiger partial charge in [0, 0.05) is 31.9 Å². The van der Waals surface area contributed by atoms with Crippen molar-refractivity contribution in [3.05, 3.63) is 0 Å². The van der Waals surface area contributed by atoms with Crippen LogP contribution in [0.3, 0.4) is 0 Å². The number of rotatable bonds is 6. The van der Waals surface area contributed by atoms with Crippen LogP contribution >= 0.6 is 0 Å². The zero-order chi connectivity index (χ0) is 15.1.